The fraction of sp³-hybridized carbons (Fsp3) is 0.167. The first-order chi connectivity index (χ1) is 14.5. The Morgan fingerprint density at radius 3 is 2.50 bits per heavy atom. The molecule has 3 rings (SSSR count). The van der Waals surface area contributed by atoms with Crippen LogP contribution in [0.2, 0.25) is 0 Å². The summed E-state index contributed by atoms with van der Waals surface area (Å²) in [4.78, 5) is 24.4. The molecule has 6 heteroatoms. The molecule has 0 aromatic heterocycles. The number of rotatable bonds is 8. The number of nitrogens with one attached hydrogen (secondary N) is 1. The fourth-order valence-corrected chi connectivity index (χ4v) is 2.81. The van der Waals surface area contributed by atoms with Crippen molar-refractivity contribution in [2.75, 3.05) is 11.9 Å². The maximum absolute atomic E-state index is 13.0. The molecule has 0 aliphatic rings. The van der Waals surface area contributed by atoms with Crippen LogP contribution in [-0.4, -0.2) is 18.5 Å². The molecule has 0 saturated heterocycles. The van der Waals surface area contributed by atoms with Crippen molar-refractivity contribution in [1.82, 2.24) is 0 Å². The van der Waals surface area contributed by atoms with Crippen LogP contribution in [0.4, 0.5) is 10.1 Å². The third-order valence-electron chi connectivity index (χ3n) is 4.40. The minimum Gasteiger partial charge on any atom is -0.489 e. The summed E-state index contributed by atoms with van der Waals surface area (Å²) in [5.41, 5.74) is 2.78. The van der Waals surface area contributed by atoms with Crippen LogP contribution in [0.5, 0.6) is 5.75 Å². The number of hydrogen-bond acceptors (Lipinski definition) is 4. The number of carbonyl (C=O) groups is 2. The Hall–Kier alpha value is -3.67. The molecule has 3 aromatic rings. The van der Waals surface area contributed by atoms with Crippen LogP contribution in [0, 0.1) is 5.82 Å². The van der Waals surface area contributed by atoms with Gasteiger partial charge in [-0.2, -0.15) is 0 Å². The van der Waals surface area contributed by atoms with Gasteiger partial charge in [0.1, 0.15) is 18.2 Å². The molecular weight excluding hydrogens is 385 g/mol. The van der Waals surface area contributed by atoms with Gasteiger partial charge in [0.2, 0.25) is 0 Å². The van der Waals surface area contributed by atoms with Gasteiger partial charge in [-0.3, -0.25) is 4.79 Å². The zero-order valence-electron chi connectivity index (χ0n) is 16.6. The smallest absolute Gasteiger partial charge is 0.338 e. The summed E-state index contributed by atoms with van der Waals surface area (Å²) >= 11 is 0. The van der Waals surface area contributed by atoms with Gasteiger partial charge in [0.05, 0.1) is 5.56 Å². The molecule has 0 radical (unpaired) electrons. The first-order valence-corrected chi connectivity index (χ1v) is 9.57. The van der Waals surface area contributed by atoms with E-state index in [-0.39, 0.29) is 18.0 Å². The number of para-hydroxylation sites is 1. The number of benzene rings is 3. The van der Waals surface area contributed by atoms with E-state index in [0.29, 0.717) is 11.4 Å². The van der Waals surface area contributed by atoms with Crippen molar-refractivity contribution in [3.63, 3.8) is 0 Å². The summed E-state index contributed by atoms with van der Waals surface area (Å²) < 4.78 is 23.7. The minimum atomic E-state index is -0.624. The molecule has 0 heterocycles. The number of aryl methyl sites for hydroxylation is 1. The second-order valence-corrected chi connectivity index (χ2v) is 6.58. The Morgan fingerprint density at radius 2 is 1.73 bits per heavy atom. The van der Waals surface area contributed by atoms with E-state index in [9.17, 15) is 14.0 Å². The second-order valence-electron chi connectivity index (χ2n) is 6.58. The van der Waals surface area contributed by atoms with Gasteiger partial charge >= 0.3 is 5.97 Å². The van der Waals surface area contributed by atoms with E-state index < -0.39 is 18.5 Å². The monoisotopic (exact) mass is 407 g/mol. The van der Waals surface area contributed by atoms with Crippen LogP contribution >= 0.6 is 0 Å². The highest BCUT2D eigenvalue weighted by atomic mass is 19.1. The number of esters is 1. The zero-order chi connectivity index (χ0) is 21.3. The van der Waals surface area contributed by atoms with Crippen molar-refractivity contribution >= 4 is 17.6 Å². The lowest BCUT2D eigenvalue weighted by Crippen LogP contribution is -2.21. The third kappa shape index (κ3) is 5.91. The maximum atomic E-state index is 13.0. The Bertz CT molecular complexity index is 1020. The van der Waals surface area contributed by atoms with Gasteiger partial charge in [-0.25, -0.2) is 9.18 Å². The highest BCUT2D eigenvalue weighted by molar-refractivity contribution is 5.96. The predicted octanol–water partition coefficient (Wildman–Crippen LogP) is 4.76. The average molecular weight is 407 g/mol. The van der Waals surface area contributed by atoms with E-state index >= 15 is 0 Å². The standard InChI is InChI=1S/C24H22FNO4/c1-2-18-6-3-4-9-22(18)26-23(27)16-30-24(28)19-7-5-8-21(14-19)29-15-17-10-12-20(25)13-11-17/h3-14H,2,15-16H2,1H3,(H,26,27). The summed E-state index contributed by atoms with van der Waals surface area (Å²) in [7, 11) is 0. The average Bonchev–Trinajstić information content (AvgIpc) is 2.77. The number of carbonyl (C=O) groups excluding carboxylic acids is 2. The fourth-order valence-electron chi connectivity index (χ4n) is 2.81. The highest BCUT2D eigenvalue weighted by Gasteiger charge is 2.12. The van der Waals surface area contributed by atoms with Crippen LogP contribution in [0.15, 0.2) is 72.8 Å². The first kappa shape index (κ1) is 21.0. The van der Waals surface area contributed by atoms with E-state index in [2.05, 4.69) is 5.32 Å². The number of halogens is 1. The van der Waals surface area contributed by atoms with Crippen molar-refractivity contribution in [3.8, 4) is 5.75 Å². The van der Waals surface area contributed by atoms with Crippen molar-refractivity contribution in [2.24, 2.45) is 0 Å². The van der Waals surface area contributed by atoms with E-state index in [1.165, 1.54) is 18.2 Å². The summed E-state index contributed by atoms with van der Waals surface area (Å²) in [5.74, 6) is -0.880. The van der Waals surface area contributed by atoms with Crippen LogP contribution in [0.25, 0.3) is 0 Å². The molecule has 0 saturated carbocycles. The number of amides is 1. The Labute approximate surface area is 174 Å². The molecule has 0 aliphatic carbocycles. The minimum absolute atomic E-state index is 0.234. The van der Waals surface area contributed by atoms with Crippen molar-refractivity contribution < 1.29 is 23.5 Å². The van der Waals surface area contributed by atoms with Crippen LogP contribution in [0.1, 0.15) is 28.4 Å². The van der Waals surface area contributed by atoms with E-state index in [0.717, 1.165) is 17.5 Å². The molecule has 0 fully saturated rings. The van der Waals surface area contributed by atoms with Crippen molar-refractivity contribution in [2.45, 2.75) is 20.0 Å². The Morgan fingerprint density at radius 1 is 0.967 bits per heavy atom. The van der Waals surface area contributed by atoms with Gasteiger partial charge in [-0.05, 0) is 53.9 Å². The molecule has 30 heavy (non-hydrogen) atoms. The molecule has 0 unspecified atom stereocenters. The molecule has 0 atom stereocenters. The van der Waals surface area contributed by atoms with Crippen molar-refractivity contribution in [1.29, 1.82) is 0 Å². The number of anilines is 1. The zero-order valence-corrected chi connectivity index (χ0v) is 16.6. The molecule has 0 spiro atoms. The summed E-state index contributed by atoms with van der Waals surface area (Å²) in [5, 5.41) is 2.75. The lowest BCUT2D eigenvalue weighted by molar-refractivity contribution is -0.119. The highest BCUT2D eigenvalue weighted by Crippen LogP contribution is 2.17. The Balaban J connectivity index is 1.53. The normalized spacial score (nSPS) is 10.3. The summed E-state index contributed by atoms with van der Waals surface area (Å²) in [6, 6.07) is 19.9. The van der Waals surface area contributed by atoms with Crippen LogP contribution in [-0.2, 0) is 22.6 Å². The number of hydrogen-bond donors (Lipinski definition) is 1. The van der Waals surface area contributed by atoms with Gasteiger partial charge in [-0.15, -0.1) is 0 Å². The molecule has 1 N–H and O–H groups in total. The topological polar surface area (TPSA) is 64.6 Å². The molecule has 0 bridgehead atoms. The van der Waals surface area contributed by atoms with Gasteiger partial charge < -0.3 is 14.8 Å². The van der Waals surface area contributed by atoms with E-state index in [1.807, 2.05) is 25.1 Å². The second kappa shape index (κ2) is 10.2. The molecular formula is C24H22FNO4. The molecule has 154 valence electrons. The predicted molar refractivity (Wildman–Crippen MR) is 112 cm³/mol. The van der Waals surface area contributed by atoms with Gasteiger partial charge in [-0.1, -0.05) is 43.3 Å². The Kier molecular flexibility index (Phi) is 7.16. The van der Waals surface area contributed by atoms with E-state index in [4.69, 9.17) is 9.47 Å². The number of ether oxygens (including phenoxy) is 2. The molecule has 3 aromatic carbocycles. The summed E-state index contributed by atoms with van der Waals surface area (Å²) in [6.45, 7) is 1.84. The van der Waals surface area contributed by atoms with Crippen LogP contribution < -0.4 is 10.1 Å². The van der Waals surface area contributed by atoms with Gasteiger partial charge in [0.25, 0.3) is 5.91 Å². The van der Waals surface area contributed by atoms with Gasteiger partial charge in [0.15, 0.2) is 6.61 Å². The lowest BCUT2D eigenvalue weighted by Gasteiger charge is -2.11. The quantitative estimate of drug-likeness (QED) is 0.547. The van der Waals surface area contributed by atoms with Gasteiger partial charge in [0, 0.05) is 5.69 Å². The maximum Gasteiger partial charge on any atom is 0.338 e. The largest absolute Gasteiger partial charge is 0.489 e. The van der Waals surface area contributed by atoms with Crippen LogP contribution in [0.3, 0.4) is 0 Å². The molecule has 1 amide bonds. The van der Waals surface area contributed by atoms with E-state index in [1.54, 1.807) is 36.4 Å². The lowest BCUT2D eigenvalue weighted by atomic mass is 10.1. The summed E-state index contributed by atoms with van der Waals surface area (Å²) in [6.07, 6.45) is 0.779. The van der Waals surface area contributed by atoms with Crippen molar-refractivity contribution in [3.05, 3.63) is 95.3 Å². The first-order valence-electron chi connectivity index (χ1n) is 9.57. The molecule has 5 nitrogen and oxygen atoms in total. The third-order valence-corrected chi connectivity index (χ3v) is 4.40. The SMILES string of the molecule is CCc1ccccc1NC(=O)COC(=O)c1cccc(OCc2ccc(F)cc2)c1. The molecule has 0 aliphatic heterocycles.